The molecule has 2 aromatic rings. The molecule has 176 valence electrons. The van der Waals surface area contributed by atoms with Crippen LogP contribution in [-0.4, -0.2) is 47.9 Å². The lowest BCUT2D eigenvalue weighted by molar-refractivity contribution is -0.104. The minimum Gasteiger partial charge on any atom is -0.506 e. The molecule has 2 rings (SSSR count). The second-order valence-corrected chi connectivity index (χ2v) is 8.40. The Balaban J connectivity index is 2.36. The Bertz CT molecular complexity index is 1040. The van der Waals surface area contributed by atoms with Crippen LogP contribution in [0.3, 0.4) is 0 Å². The fourth-order valence-corrected chi connectivity index (χ4v) is 3.25. The van der Waals surface area contributed by atoms with Crippen LogP contribution in [0.1, 0.15) is 47.8 Å². The Morgan fingerprint density at radius 2 is 1.88 bits per heavy atom. The third-order valence-corrected chi connectivity index (χ3v) is 4.78. The highest BCUT2D eigenvalue weighted by molar-refractivity contribution is 5.81. The molecule has 1 amide bonds. The number of anilines is 1. The predicted octanol–water partition coefficient (Wildman–Crippen LogP) is 4.58. The van der Waals surface area contributed by atoms with Gasteiger partial charge in [-0.15, -0.1) is 0 Å². The number of allylic oxidation sites excluding steroid dienone is 1. The third-order valence-electron chi connectivity index (χ3n) is 4.78. The van der Waals surface area contributed by atoms with Crippen molar-refractivity contribution in [2.75, 3.05) is 18.9 Å². The molecule has 0 saturated heterocycles. The van der Waals surface area contributed by atoms with Crippen LogP contribution >= 0.6 is 0 Å². The maximum Gasteiger partial charge on any atom is 0.410 e. The van der Waals surface area contributed by atoms with Crippen LogP contribution in [0.25, 0.3) is 6.08 Å². The Morgan fingerprint density at radius 3 is 2.45 bits per heavy atom. The quantitative estimate of drug-likeness (QED) is 0.326. The summed E-state index contributed by atoms with van der Waals surface area (Å²) in [5, 5.41) is 13.1. The van der Waals surface area contributed by atoms with E-state index in [0.717, 1.165) is 11.6 Å². The molecular weight excluding hydrogens is 427 g/mol. The predicted molar refractivity (Wildman–Crippen MR) is 125 cm³/mol. The zero-order chi connectivity index (χ0) is 24.6. The molecule has 8 heteroatoms. The summed E-state index contributed by atoms with van der Waals surface area (Å²) in [5.41, 5.74) is 1.52. The molecule has 0 aliphatic rings. The number of nitrogens with one attached hydrogen (secondary N) is 1. The molecule has 2 aromatic carbocycles. The number of carbonyl (C=O) groups is 3. The molecule has 2 N–H and O–H groups in total. The van der Waals surface area contributed by atoms with Gasteiger partial charge in [-0.25, -0.2) is 9.18 Å². The van der Waals surface area contributed by atoms with Gasteiger partial charge < -0.3 is 20.1 Å². The topological polar surface area (TPSA) is 95.9 Å². The number of hydrogen-bond acceptors (Lipinski definition) is 6. The van der Waals surface area contributed by atoms with Crippen molar-refractivity contribution in [3.05, 3.63) is 64.5 Å². The molecule has 0 fully saturated rings. The molecule has 33 heavy (non-hydrogen) atoms. The first kappa shape index (κ1) is 25.6. The van der Waals surface area contributed by atoms with E-state index in [1.165, 1.54) is 29.2 Å². The molecule has 0 atom stereocenters. The zero-order valence-corrected chi connectivity index (χ0v) is 19.2. The molecular formula is C25H29FN2O5. The smallest absolute Gasteiger partial charge is 0.410 e. The second kappa shape index (κ2) is 11.3. The van der Waals surface area contributed by atoms with Crippen LogP contribution in [-0.2, 0) is 22.5 Å². The molecule has 0 aliphatic carbocycles. The largest absolute Gasteiger partial charge is 0.506 e. The van der Waals surface area contributed by atoms with Crippen molar-refractivity contribution in [1.29, 1.82) is 0 Å². The Labute approximate surface area is 192 Å². The van der Waals surface area contributed by atoms with Crippen molar-refractivity contribution in [2.45, 2.75) is 39.3 Å². The minimum atomic E-state index is -0.745. The van der Waals surface area contributed by atoms with Crippen LogP contribution in [0, 0.1) is 5.82 Å². The van der Waals surface area contributed by atoms with E-state index in [2.05, 4.69) is 5.32 Å². The average molecular weight is 457 g/mol. The SMILES string of the molecule is CNc1c(O)ccc(CCN(Cc2ccc(C=O)cc2F)C(=O)OC(C)(C)C)c1/C=C\C=O. The lowest BCUT2D eigenvalue weighted by atomic mass is 10.0. The highest BCUT2D eigenvalue weighted by Gasteiger charge is 2.24. The van der Waals surface area contributed by atoms with E-state index in [9.17, 15) is 23.9 Å². The summed E-state index contributed by atoms with van der Waals surface area (Å²) in [4.78, 5) is 36.0. The minimum absolute atomic E-state index is 0.0214. The average Bonchev–Trinajstić information content (AvgIpc) is 2.75. The van der Waals surface area contributed by atoms with Crippen molar-refractivity contribution in [1.82, 2.24) is 4.90 Å². The van der Waals surface area contributed by atoms with Crippen LogP contribution in [0.4, 0.5) is 14.9 Å². The summed E-state index contributed by atoms with van der Waals surface area (Å²) in [5.74, 6) is -0.571. The molecule has 0 radical (unpaired) electrons. The van der Waals surface area contributed by atoms with E-state index in [4.69, 9.17) is 4.74 Å². The summed E-state index contributed by atoms with van der Waals surface area (Å²) in [7, 11) is 1.65. The highest BCUT2D eigenvalue weighted by atomic mass is 19.1. The van der Waals surface area contributed by atoms with Gasteiger partial charge in [0.25, 0.3) is 0 Å². The number of aromatic hydroxyl groups is 1. The number of phenols is 1. The molecule has 0 unspecified atom stereocenters. The number of aldehydes is 2. The molecule has 7 nitrogen and oxygen atoms in total. The van der Waals surface area contributed by atoms with Gasteiger partial charge in [-0.1, -0.05) is 18.2 Å². The van der Waals surface area contributed by atoms with Gasteiger partial charge in [-0.3, -0.25) is 9.59 Å². The van der Waals surface area contributed by atoms with Crippen molar-refractivity contribution in [3.8, 4) is 5.75 Å². The van der Waals surface area contributed by atoms with E-state index < -0.39 is 17.5 Å². The van der Waals surface area contributed by atoms with E-state index >= 15 is 0 Å². The normalized spacial score (nSPS) is 11.3. The first-order valence-corrected chi connectivity index (χ1v) is 10.5. The van der Waals surface area contributed by atoms with Gasteiger partial charge in [-0.2, -0.15) is 0 Å². The summed E-state index contributed by atoms with van der Waals surface area (Å²) < 4.78 is 20.0. The highest BCUT2D eigenvalue weighted by Crippen LogP contribution is 2.31. The first-order valence-electron chi connectivity index (χ1n) is 10.5. The van der Waals surface area contributed by atoms with E-state index in [1.807, 2.05) is 0 Å². The number of hydrogen-bond donors (Lipinski definition) is 2. The van der Waals surface area contributed by atoms with E-state index in [0.29, 0.717) is 30.2 Å². The second-order valence-electron chi connectivity index (χ2n) is 8.40. The van der Waals surface area contributed by atoms with Gasteiger partial charge in [0.1, 0.15) is 29.7 Å². The Morgan fingerprint density at radius 1 is 1.18 bits per heavy atom. The zero-order valence-electron chi connectivity index (χ0n) is 19.2. The number of halogens is 1. The van der Waals surface area contributed by atoms with Crippen molar-refractivity contribution >= 4 is 30.4 Å². The first-order chi connectivity index (χ1) is 15.6. The number of phenolic OH excluding ortho intramolecular Hbond substituents is 1. The summed E-state index contributed by atoms with van der Waals surface area (Å²) in [6, 6.07) is 7.30. The molecule has 0 aromatic heterocycles. The monoisotopic (exact) mass is 456 g/mol. The fraction of sp³-hybridized carbons (Fsp3) is 0.320. The van der Waals surface area contributed by atoms with Crippen molar-refractivity contribution in [2.24, 2.45) is 0 Å². The van der Waals surface area contributed by atoms with Gasteiger partial charge in [0.05, 0.1) is 12.2 Å². The Hall–Kier alpha value is -3.68. The van der Waals surface area contributed by atoms with Crippen molar-refractivity contribution in [3.63, 3.8) is 0 Å². The summed E-state index contributed by atoms with van der Waals surface area (Å²) in [6.07, 6.45) is 3.81. The van der Waals surface area contributed by atoms with Gasteiger partial charge in [0, 0.05) is 30.3 Å². The number of rotatable bonds is 9. The standard InChI is InChI=1S/C25H29FN2O5/c1-25(2,3)33-24(32)28(15-19-8-7-17(16-30)14-21(19)26)12-11-18-9-10-22(31)23(27-4)20(18)6-5-13-29/h5-10,13-14,16,27,31H,11-12,15H2,1-4H3/b6-5-. The van der Waals surface area contributed by atoms with Gasteiger partial charge in [-0.05, 0) is 57.0 Å². The van der Waals surface area contributed by atoms with Crippen LogP contribution < -0.4 is 5.32 Å². The van der Waals surface area contributed by atoms with Crippen LogP contribution in [0.5, 0.6) is 5.75 Å². The van der Waals surface area contributed by atoms with Crippen LogP contribution in [0.15, 0.2) is 36.4 Å². The number of benzene rings is 2. The molecule has 0 aliphatic heterocycles. The molecule has 0 bridgehead atoms. The van der Waals surface area contributed by atoms with Gasteiger partial charge >= 0.3 is 6.09 Å². The third kappa shape index (κ3) is 7.17. The lowest BCUT2D eigenvalue weighted by Crippen LogP contribution is -2.38. The number of carbonyl (C=O) groups excluding carboxylic acids is 3. The van der Waals surface area contributed by atoms with E-state index in [1.54, 1.807) is 40.0 Å². The maximum atomic E-state index is 14.5. The molecule has 0 spiro atoms. The maximum absolute atomic E-state index is 14.5. The summed E-state index contributed by atoms with van der Waals surface area (Å²) >= 11 is 0. The number of nitrogens with zero attached hydrogens (tertiary/aromatic N) is 1. The number of amides is 1. The van der Waals surface area contributed by atoms with Gasteiger partial charge in [0.15, 0.2) is 0 Å². The van der Waals surface area contributed by atoms with Gasteiger partial charge in [0.2, 0.25) is 0 Å². The van der Waals surface area contributed by atoms with Crippen molar-refractivity contribution < 1.29 is 28.6 Å². The Kier molecular flexibility index (Phi) is 8.73. The number of ether oxygens (including phenoxy) is 1. The summed E-state index contributed by atoms with van der Waals surface area (Å²) in [6.45, 7) is 5.34. The van der Waals surface area contributed by atoms with Crippen LogP contribution in [0.2, 0.25) is 0 Å². The van der Waals surface area contributed by atoms with E-state index in [-0.39, 0.29) is 30.0 Å². The fourth-order valence-electron chi connectivity index (χ4n) is 3.25. The molecule has 0 heterocycles. The molecule has 0 saturated carbocycles. The lowest BCUT2D eigenvalue weighted by Gasteiger charge is -2.28.